The Bertz CT molecular complexity index is 294. The molecule has 0 saturated heterocycles. The molecule has 0 bridgehead atoms. The lowest BCUT2D eigenvalue weighted by molar-refractivity contribution is 0.345. The standard InChI is InChI=1S/C11H23N5/c1-5-6-16-11(13-9-14-16)7-12-10(2)8-15(3)4/h9-10,12H,5-8H2,1-4H3. The van der Waals surface area contributed by atoms with E-state index < -0.39 is 0 Å². The van der Waals surface area contributed by atoms with E-state index in [4.69, 9.17) is 0 Å². The van der Waals surface area contributed by atoms with Gasteiger partial charge in [-0.1, -0.05) is 6.92 Å². The Hall–Kier alpha value is -0.940. The van der Waals surface area contributed by atoms with E-state index in [-0.39, 0.29) is 0 Å². The number of nitrogens with one attached hydrogen (secondary N) is 1. The summed E-state index contributed by atoms with van der Waals surface area (Å²) in [6.45, 7) is 7.09. The quantitative estimate of drug-likeness (QED) is 0.743. The van der Waals surface area contributed by atoms with Crippen molar-refractivity contribution < 1.29 is 0 Å². The highest BCUT2D eigenvalue weighted by molar-refractivity contribution is 4.84. The summed E-state index contributed by atoms with van der Waals surface area (Å²) in [6, 6.07) is 0.460. The van der Waals surface area contributed by atoms with E-state index in [2.05, 4.69) is 48.2 Å². The van der Waals surface area contributed by atoms with Crippen molar-refractivity contribution in [1.82, 2.24) is 25.0 Å². The molecule has 0 aliphatic carbocycles. The molecule has 1 aromatic rings. The van der Waals surface area contributed by atoms with Gasteiger partial charge in [0.15, 0.2) is 0 Å². The fourth-order valence-electron chi connectivity index (χ4n) is 1.70. The average Bonchev–Trinajstić information content (AvgIpc) is 2.62. The maximum atomic E-state index is 4.26. The third-order valence-corrected chi connectivity index (χ3v) is 2.38. The summed E-state index contributed by atoms with van der Waals surface area (Å²) in [7, 11) is 4.16. The van der Waals surface area contributed by atoms with Gasteiger partial charge in [-0.05, 0) is 27.4 Å². The first-order chi connectivity index (χ1) is 7.63. The number of aryl methyl sites for hydroxylation is 1. The highest BCUT2D eigenvalue weighted by Gasteiger charge is 2.06. The Morgan fingerprint density at radius 3 is 2.88 bits per heavy atom. The van der Waals surface area contributed by atoms with Gasteiger partial charge in [0.05, 0.1) is 6.54 Å². The van der Waals surface area contributed by atoms with Crippen LogP contribution in [0, 0.1) is 0 Å². The zero-order chi connectivity index (χ0) is 12.0. The normalized spacial score (nSPS) is 13.3. The SMILES string of the molecule is CCCn1ncnc1CNC(C)CN(C)C. The molecular weight excluding hydrogens is 202 g/mol. The molecule has 16 heavy (non-hydrogen) atoms. The van der Waals surface area contributed by atoms with Crippen molar-refractivity contribution in [3.63, 3.8) is 0 Å². The minimum absolute atomic E-state index is 0.460. The van der Waals surface area contributed by atoms with Gasteiger partial charge < -0.3 is 10.2 Å². The lowest BCUT2D eigenvalue weighted by Gasteiger charge is -2.18. The van der Waals surface area contributed by atoms with Gasteiger partial charge in [-0.2, -0.15) is 5.10 Å². The van der Waals surface area contributed by atoms with Crippen LogP contribution < -0.4 is 5.32 Å². The lowest BCUT2D eigenvalue weighted by Crippen LogP contribution is -2.36. The van der Waals surface area contributed by atoms with Crippen molar-refractivity contribution in [3.8, 4) is 0 Å². The van der Waals surface area contributed by atoms with Crippen LogP contribution in [0.1, 0.15) is 26.1 Å². The summed E-state index contributed by atoms with van der Waals surface area (Å²) in [5.41, 5.74) is 0. The van der Waals surface area contributed by atoms with E-state index in [1.54, 1.807) is 6.33 Å². The monoisotopic (exact) mass is 225 g/mol. The molecule has 0 radical (unpaired) electrons. The third-order valence-electron chi connectivity index (χ3n) is 2.38. The van der Waals surface area contributed by atoms with Gasteiger partial charge in [-0.3, -0.25) is 0 Å². The summed E-state index contributed by atoms with van der Waals surface area (Å²) in [5, 5.41) is 7.65. The Morgan fingerprint density at radius 1 is 1.50 bits per heavy atom. The van der Waals surface area contributed by atoms with Gasteiger partial charge in [0.2, 0.25) is 0 Å². The summed E-state index contributed by atoms with van der Waals surface area (Å²) in [4.78, 5) is 6.44. The topological polar surface area (TPSA) is 46.0 Å². The molecule has 1 rings (SSSR count). The first-order valence-electron chi connectivity index (χ1n) is 5.88. The predicted molar refractivity (Wildman–Crippen MR) is 65.2 cm³/mol. The molecule has 1 N–H and O–H groups in total. The molecule has 0 aromatic carbocycles. The van der Waals surface area contributed by atoms with Crippen LogP contribution in [0.4, 0.5) is 0 Å². The van der Waals surface area contributed by atoms with E-state index in [9.17, 15) is 0 Å². The van der Waals surface area contributed by atoms with E-state index in [1.807, 2.05) is 4.68 Å². The predicted octanol–water partition coefficient (Wildman–Crippen LogP) is 0.728. The molecule has 0 fully saturated rings. The number of hydrogen-bond acceptors (Lipinski definition) is 4. The van der Waals surface area contributed by atoms with Gasteiger partial charge in [0.1, 0.15) is 12.2 Å². The number of likely N-dealkylation sites (N-methyl/N-ethyl adjacent to an activating group) is 1. The molecule has 0 aliphatic heterocycles. The Balaban J connectivity index is 2.38. The maximum Gasteiger partial charge on any atom is 0.140 e. The van der Waals surface area contributed by atoms with Gasteiger partial charge in [-0.25, -0.2) is 9.67 Å². The summed E-state index contributed by atoms with van der Waals surface area (Å²) in [6.07, 6.45) is 2.72. The van der Waals surface area contributed by atoms with Crippen molar-refractivity contribution in [1.29, 1.82) is 0 Å². The van der Waals surface area contributed by atoms with Gasteiger partial charge in [0.25, 0.3) is 0 Å². The molecule has 92 valence electrons. The largest absolute Gasteiger partial charge is 0.308 e. The van der Waals surface area contributed by atoms with E-state index >= 15 is 0 Å². The molecule has 0 spiro atoms. The molecule has 0 saturated carbocycles. The zero-order valence-electron chi connectivity index (χ0n) is 10.8. The Morgan fingerprint density at radius 2 is 2.25 bits per heavy atom. The Kier molecular flexibility index (Phi) is 5.42. The van der Waals surface area contributed by atoms with Crippen molar-refractivity contribution in [2.45, 2.75) is 39.4 Å². The summed E-state index contributed by atoms with van der Waals surface area (Å²) < 4.78 is 1.97. The maximum absolute atomic E-state index is 4.26. The molecule has 0 amide bonds. The number of aromatic nitrogens is 3. The molecule has 1 aromatic heterocycles. The van der Waals surface area contributed by atoms with Gasteiger partial charge in [-0.15, -0.1) is 0 Å². The third kappa shape index (κ3) is 4.28. The van der Waals surface area contributed by atoms with Gasteiger partial charge >= 0.3 is 0 Å². The number of hydrogen-bond donors (Lipinski definition) is 1. The zero-order valence-corrected chi connectivity index (χ0v) is 10.8. The van der Waals surface area contributed by atoms with Crippen molar-refractivity contribution >= 4 is 0 Å². The first-order valence-corrected chi connectivity index (χ1v) is 5.88. The van der Waals surface area contributed by atoms with Crippen molar-refractivity contribution in [3.05, 3.63) is 12.2 Å². The lowest BCUT2D eigenvalue weighted by atomic mass is 10.3. The first kappa shape index (κ1) is 13.1. The van der Waals surface area contributed by atoms with E-state index in [1.165, 1.54) is 0 Å². The van der Waals surface area contributed by atoms with Crippen LogP contribution in [0.5, 0.6) is 0 Å². The number of rotatable bonds is 7. The molecule has 1 heterocycles. The fourth-order valence-corrected chi connectivity index (χ4v) is 1.70. The van der Waals surface area contributed by atoms with Crippen LogP contribution in [0.25, 0.3) is 0 Å². The smallest absolute Gasteiger partial charge is 0.140 e. The highest BCUT2D eigenvalue weighted by atomic mass is 15.3. The van der Waals surface area contributed by atoms with Crippen molar-refractivity contribution in [2.24, 2.45) is 0 Å². The average molecular weight is 225 g/mol. The van der Waals surface area contributed by atoms with Crippen LogP contribution in [0.15, 0.2) is 6.33 Å². The minimum atomic E-state index is 0.460. The van der Waals surface area contributed by atoms with E-state index in [0.717, 1.165) is 31.9 Å². The van der Waals surface area contributed by atoms with Crippen LogP contribution >= 0.6 is 0 Å². The van der Waals surface area contributed by atoms with Crippen LogP contribution in [-0.2, 0) is 13.1 Å². The summed E-state index contributed by atoms with van der Waals surface area (Å²) >= 11 is 0. The second-order valence-electron chi connectivity index (χ2n) is 4.44. The second-order valence-corrected chi connectivity index (χ2v) is 4.44. The molecule has 5 nitrogen and oxygen atoms in total. The summed E-state index contributed by atoms with van der Waals surface area (Å²) in [5.74, 6) is 1.02. The van der Waals surface area contributed by atoms with Crippen molar-refractivity contribution in [2.75, 3.05) is 20.6 Å². The molecular formula is C11H23N5. The molecule has 0 aliphatic rings. The number of nitrogens with zero attached hydrogens (tertiary/aromatic N) is 4. The highest BCUT2D eigenvalue weighted by Crippen LogP contribution is 1.96. The van der Waals surface area contributed by atoms with Gasteiger partial charge in [0, 0.05) is 19.1 Å². The second kappa shape index (κ2) is 6.60. The molecule has 1 unspecified atom stereocenters. The van der Waals surface area contributed by atoms with Crippen LogP contribution in [0.2, 0.25) is 0 Å². The van der Waals surface area contributed by atoms with Crippen LogP contribution in [-0.4, -0.2) is 46.3 Å². The van der Waals surface area contributed by atoms with Crippen LogP contribution in [0.3, 0.4) is 0 Å². The Labute approximate surface area is 97.9 Å². The molecule has 1 atom stereocenters. The fraction of sp³-hybridized carbons (Fsp3) is 0.818. The molecule has 5 heteroatoms. The minimum Gasteiger partial charge on any atom is -0.308 e. The van der Waals surface area contributed by atoms with E-state index in [0.29, 0.717) is 6.04 Å².